The first kappa shape index (κ1) is 16.5. The fourth-order valence-corrected chi connectivity index (χ4v) is 2.22. The van der Waals surface area contributed by atoms with Crippen LogP contribution in [0.3, 0.4) is 0 Å². The fraction of sp³-hybridized carbons (Fsp3) is 0.625. The van der Waals surface area contributed by atoms with E-state index >= 15 is 0 Å². The number of benzene rings is 1. The van der Waals surface area contributed by atoms with Gasteiger partial charge in [0.15, 0.2) is 0 Å². The lowest BCUT2D eigenvalue weighted by Gasteiger charge is -2.06. The molecule has 3 heteroatoms. The number of hydrogen-bond acceptors (Lipinski definition) is 1. The summed E-state index contributed by atoms with van der Waals surface area (Å²) in [6, 6.07) is 8.04. The van der Waals surface area contributed by atoms with Gasteiger partial charge in [0.05, 0.1) is 19.7 Å². The highest BCUT2D eigenvalue weighted by Crippen LogP contribution is 2.16. The average molecular weight is 329 g/mol. The Bertz CT molecular complexity index is 313. The Morgan fingerprint density at radius 3 is 2.37 bits per heavy atom. The summed E-state index contributed by atoms with van der Waals surface area (Å²) in [5, 5.41) is 2.45. The van der Waals surface area contributed by atoms with Crippen LogP contribution in [0, 0.1) is 0 Å². The number of nitrogens with two attached hydrogens (primary N) is 1. The molecule has 0 saturated heterocycles. The normalized spacial score (nSPS) is 10.6. The van der Waals surface area contributed by atoms with Gasteiger partial charge in [0, 0.05) is 4.47 Å². The van der Waals surface area contributed by atoms with Crippen LogP contribution in [0.5, 0.6) is 5.75 Å². The van der Waals surface area contributed by atoms with Gasteiger partial charge in [-0.1, -0.05) is 29.3 Å². The molecular weight excluding hydrogens is 302 g/mol. The highest BCUT2D eigenvalue weighted by molar-refractivity contribution is 9.10. The minimum atomic E-state index is 0.835. The molecule has 0 aromatic heterocycles. The molecule has 1 rings (SSSR count). The molecular formula is C16H27BrNO+. The van der Waals surface area contributed by atoms with Crippen molar-refractivity contribution in [3.63, 3.8) is 0 Å². The summed E-state index contributed by atoms with van der Waals surface area (Å²) in [7, 11) is 0. The Kier molecular flexibility index (Phi) is 9.82. The van der Waals surface area contributed by atoms with Crippen molar-refractivity contribution in [1.29, 1.82) is 0 Å². The topological polar surface area (TPSA) is 25.8 Å². The summed E-state index contributed by atoms with van der Waals surface area (Å²) < 4.78 is 6.79. The molecule has 2 nitrogen and oxygen atoms in total. The maximum atomic E-state index is 5.69. The quantitative estimate of drug-likeness (QED) is 0.615. The van der Waals surface area contributed by atoms with Crippen LogP contribution in [0.1, 0.15) is 45.4 Å². The summed E-state index contributed by atoms with van der Waals surface area (Å²) in [5.41, 5.74) is 0. The Morgan fingerprint density at radius 2 is 1.63 bits per heavy atom. The van der Waals surface area contributed by atoms with Gasteiger partial charge in [-0.3, -0.25) is 0 Å². The second kappa shape index (κ2) is 11.3. The zero-order valence-electron chi connectivity index (χ0n) is 12.0. The molecule has 0 spiro atoms. The molecule has 19 heavy (non-hydrogen) atoms. The molecule has 0 unspecified atom stereocenters. The molecule has 0 aliphatic heterocycles. The zero-order valence-corrected chi connectivity index (χ0v) is 13.6. The summed E-state index contributed by atoms with van der Waals surface area (Å²) in [5.74, 6) is 0.969. The number of unbranched alkanes of at least 4 members (excludes halogenated alkanes) is 4. The second-order valence-electron chi connectivity index (χ2n) is 4.94. The van der Waals surface area contributed by atoms with Crippen LogP contribution >= 0.6 is 15.9 Å². The maximum absolute atomic E-state index is 5.69. The van der Waals surface area contributed by atoms with Gasteiger partial charge < -0.3 is 10.1 Å². The van der Waals surface area contributed by atoms with E-state index in [1.807, 2.05) is 24.3 Å². The lowest BCUT2D eigenvalue weighted by Crippen LogP contribution is -2.84. The zero-order chi connectivity index (χ0) is 13.8. The van der Waals surface area contributed by atoms with Gasteiger partial charge in [0.25, 0.3) is 0 Å². The standard InChI is InChI=1S/C16H26BrNO/c1-2-3-12-18-13-6-4-5-7-14-19-16-10-8-15(17)9-11-16/h8-11,18H,2-7,12-14H2,1H3/p+1. The second-order valence-corrected chi connectivity index (χ2v) is 5.85. The van der Waals surface area contributed by atoms with Crippen molar-refractivity contribution in [2.24, 2.45) is 0 Å². The molecule has 0 heterocycles. The molecule has 0 saturated carbocycles. The first-order chi connectivity index (χ1) is 9.33. The molecule has 0 fully saturated rings. The SMILES string of the molecule is CCCC[NH2+]CCCCCCOc1ccc(Br)cc1. The van der Waals surface area contributed by atoms with Crippen molar-refractivity contribution >= 4 is 15.9 Å². The van der Waals surface area contributed by atoms with Gasteiger partial charge in [-0.05, 0) is 56.4 Å². The predicted molar refractivity (Wildman–Crippen MR) is 84.7 cm³/mol. The van der Waals surface area contributed by atoms with E-state index in [4.69, 9.17) is 4.74 Å². The molecule has 2 N–H and O–H groups in total. The molecule has 1 aromatic rings. The molecule has 1 aromatic carbocycles. The van der Waals surface area contributed by atoms with Crippen molar-refractivity contribution in [3.05, 3.63) is 28.7 Å². The van der Waals surface area contributed by atoms with E-state index < -0.39 is 0 Å². The number of rotatable bonds is 11. The summed E-state index contributed by atoms with van der Waals surface area (Å²) in [6.07, 6.45) is 7.75. The van der Waals surface area contributed by atoms with Crippen molar-refractivity contribution in [2.75, 3.05) is 19.7 Å². The van der Waals surface area contributed by atoms with E-state index in [0.29, 0.717) is 0 Å². The van der Waals surface area contributed by atoms with Gasteiger partial charge in [0.1, 0.15) is 5.75 Å². The maximum Gasteiger partial charge on any atom is 0.119 e. The van der Waals surface area contributed by atoms with Gasteiger partial charge in [-0.2, -0.15) is 0 Å². The van der Waals surface area contributed by atoms with E-state index in [9.17, 15) is 0 Å². The molecule has 0 bridgehead atoms. The molecule has 0 aliphatic carbocycles. The average Bonchev–Trinajstić information content (AvgIpc) is 2.43. The lowest BCUT2D eigenvalue weighted by atomic mass is 10.2. The van der Waals surface area contributed by atoms with E-state index in [1.54, 1.807) is 0 Å². The number of ether oxygens (including phenoxy) is 1. The largest absolute Gasteiger partial charge is 0.494 e. The highest BCUT2D eigenvalue weighted by Gasteiger charge is 1.95. The molecule has 108 valence electrons. The van der Waals surface area contributed by atoms with Crippen molar-refractivity contribution < 1.29 is 10.1 Å². The first-order valence-corrected chi connectivity index (χ1v) is 8.32. The molecule has 0 atom stereocenters. The predicted octanol–water partition coefficient (Wildman–Crippen LogP) is 3.75. The number of quaternary nitrogens is 1. The van der Waals surface area contributed by atoms with E-state index in [1.165, 1.54) is 45.2 Å². The van der Waals surface area contributed by atoms with Crippen molar-refractivity contribution in [2.45, 2.75) is 45.4 Å². The highest BCUT2D eigenvalue weighted by atomic mass is 79.9. The van der Waals surface area contributed by atoms with Gasteiger partial charge >= 0.3 is 0 Å². The fourth-order valence-electron chi connectivity index (χ4n) is 1.96. The van der Waals surface area contributed by atoms with E-state index in [2.05, 4.69) is 28.2 Å². The number of hydrogen-bond donors (Lipinski definition) is 1. The Hall–Kier alpha value is -0.540. The Morgan fingerprint density at radius 1 is 0.947 bits per heavy atom. The van der Waals surface area contributed by atoms with Gasteiger partial charge in [0.2, 0.25) is 0 Å². The van der Waals surface area contributed by atoms with Crippen molar-refractivity contribution in [1.82, 2.24) is 0 Å². The van der Waals surface area contributed by atoms with Gasteiger partial charge in [-0.15, -0.1) is 0 Å². The Balaban J connectivity index is 1.87. The first-order valence-electron chi connectivity index (χ1n) is 7.53. The van der Waals surface area contributed by atoms with Crippen LogP contribution in [0.4, 0.5) is 0 Å². The third-order valence-electron chi connectivity index (χ3n) is 3.15. The minimum Gasteiger partial charge on any atom is -0.494 e. The monoisotopic (exact) mass is 328 g/mol. The molecule has 0 amide bonds. The summed E-state index contributed by atoms with van der Waals surface area (Å²) in [4.78, 5) is 0. The third kappa shape index (κ3) is 9.06. The summed E-state index contributed by atoms with van der Waals surface area (Å²) >= 11 is 3.42. The lowest BCUT2D eigenvalue weighted by molar-refractivity contribution is -0.655. The minimum absolute atomic E-state index is 0.835. The van der Waals surface area contributed by atoms with Crippen LogP contribution in [0.25, 0.3) is 0 Å². The van der Waals surface area contributed by atoms with Crippen LogP contribution in [-0.2, 0) is 0 Å². The van der Waals surface area contributed by atoms with Crippen LogP contribution in [0.15, 0.2) is 28.7 Å². The smallest absolute Gasteiger partial charge is 0.119 e. The Labute approximate surface area is 126 Å². The van der Waals surface area contributed by atoms with Crippen molar-refractivity contribution in [3.8, 4) is 5.75 Å². The summed E-state index contributed by atoms with van der Waals surface area (Å²) in [6.45, 7) is 5.66. The van der Waals surface area contributed by atoms with E-state index in [0.717, 1.165) is 23.2 Å². The molecule has 0 radical (unpaired) electrons. The van der Waals surface area contributed by atoms with E-state index in [-0.39, 0.29) is 0 Å². The van der Waals surface area contributed by atoms with Crippen LogP contribution in [0.2, 0.25) is 0 Å². The number of halogens is 1. The van der Waals surface area contributed by atoms with Gasteiger partial charge in [-0.25, -0.2) is 0 Å². The molecule has 0 aliphatic rings. The van der Waals surface area contributed by atoms with Crippen LogP contribution in [-0.4, -0.2) is 19.7 Å². The van der Waals surface area contributed by atoms with Crippen LogP contribution < -0.4 is 10.1 Å². The third-order valence-corrected chi connectivity index (χ3v) is 3.68.